The van der Waals surface area contributed by atoms with E-state index in [0.29, 0.717) is 6.54 Å². The summed E-state index contributed by atoms with van der Waals surface area (Å²) in [6, 6.07) is 0. The summed E-state index contributed by atoms with van der Waals surface area (Å²) in [6.45, 7) is 13.8. The summed E-state index contributed by atoms with van der Waals surface area (Å²) >= 11 is 2.01. The molecular weight excluding hydrogens is 258 g/mol. The monoisotopic (exact) mass is 287 g/mol. The van der Waals surface area contributed by atoms with Gasteiger partial charge in [-0.3, -0.25) is 4.99 Å². The third kappa shape index (κ3) is 5.61. The van der Waals surface area contributed by atoms with Gasteiger partial charge in [-0.05, 0) is 34.1 Å². The number of nitrogens with zero attached hydrogens (tertiary/aromatic N) is 2. The van der Waals surface area contributed by atoms with Gasteiger partial charge in [0, 0.05) is 30.1 Å². The fraction of sp³-hybridized carbons (Fsp3) is 0.929. The molecule has 0 radical (unpaired) electrons. The summed E-state index contributed by atoms with van der Waals surface area (Å²) in [7, 11) is 0. The third-order valence-electron chi connectivity index (χ3n) is 3.39. The van der Waals surface area contributed by atoms with Gasteiger partial charge in [0.15, 0.2) is 5.96 Å². The van der Waals surface area contributed by atoms with Crippen LogP contribution < -0.4 is 5.32 Å². The highest BCUT2D eigenvalue weighted by atomic mass is 32.2. The van der Waals surface area contributed by atoms with Gasteiger partial charge in [-0.2, -0.15) is 11.8 Å². The van der Waals surface area contributed by atoms with Crippen molar-refractivity contribution in [3.8, 4) is 0 Å². The Labute approximate surface area is 122 Å². The van der Waals surface area contributed by atoms with Crippen LogP contribution in [0.3, 0.4) is 0 Å². The fourth-order valence-corrected chi connectivity index (χ4v) is 3.09. The lowest BCUT2D eigenvalue weighted by Gasteiger charge is -2.39. The van der Waals surface area contributed by atoms with Crippen molar-refractivity contribution in [3.05, 3.63) is 0 Å². The largest absolute Gasteiger partial charge is 0.388 e. The molecular formula is C14H29N3OS. The maximum atomic E-state index is 10.1. The maximum absolute atomic E-state index is 10.1. The molecule has 0 spiro atoms. The van der Waals surface area contributed by atoms with E-state index in [1.807, 2.05) is 25.6 Å². The van der Waals surface area contributed by atoms with Crippen molar-refractivity contribution in [2.24, 2.45) is 4.99 Å². The van der Waals surface area contributed by atoms with E-state index in [1.165, 1.54) is 0 Å². The van der Waals surface area contributed by atoms with Crippen molar-refractivity contribution >= 4 is 17.7 Å². The Balaban J connectivity index is 2.73. The Bertz CT molecular complexity index is 316. The smallest absolute Gasteiger partial charge is 0.194 e. The molecule has 0 aromatic rings. The highest BCUT2D eigenvalue weighted by Crippen LogP contribution is 2.29. The lowest BCUT2D eigenvalue weighted by Crippen LogP contribution is -2.51. The second kappa shape index (κ2) is 6.84. The van der Waals surface area contributed by atoms with Crippen LogP contribution >= 0.6 is 11.8 Å². The zero-order chi connectivity index (χ0) is 14.5. The number of rotatable bonds is 4. The molecule has 1 saturated heterocycles. The SMILES string of the molecule is CCNC(=NCC(C)(O)CC)N1CCSC(C)(C)C1. The number of aliphatic imine (C=N–C) groups is 1. The zero-order valence-corrected chi connectivity index (χ0v) is 13.8. The van der Waals surface area contributed by atoms with Crippen LogP contribution in [-0.2, 0) is 0 Å². The average Bonchev–Trinajstić information content (AvgIpc) is 2.33. The molecule has 2 N–H and O–H groups in total. The number of hydrogen-bond donors (Lipinski definition) is 2. The second-order valence-corrected chi connectivity index (χ2v) is 7.85. The summed E-state index contributed by atoms with van der Waals surface area (Å²) < 4.78 is 0.266. The van der Waals surface area contributed by atoms with Gasteiger partial charge in [0.2, 0.25) is 0 Å². The Kier molecular flexibility index (Phi) is 5.99. The minimum absolute atomic E-state index is 0.266. The van der Waals surface area contributed by atoms with Crippen LogP contribution in [0.25, 0.3) is 0 Å². The summed E-state index contributed by atoms with van der Waals surface area (Å²) in [5.74, 6) is 2.06. The van der Waals surface area contributed by atoms with Gasteiger partial charge in [-0.15, -0.1) is 0 Å². The molecule has 0 bridgehead atoms. The first kappa shape index (κ1) is 16.6. The molecule has 0 amide bonds. The van der Waals surface area contributed by atoms with Crippen LogP contribution in [0, 0.1) is 0 Å². The van der Waals surface area contributed by atoms with Gasteiger partial charge in [0.1, 0.15) is 0 Å². The van der Waals surface area contributed by atoms with E-state index < -0.39 is 5.60 Å². The fourth-order valence-electron chi connectivity index (χ4n) is 1.98. The predicted molar refractivity (Wildman–Crippen MR) is 85.0 cm³/mol. The molecule has 4 nitrogen and oxygen atoms in total. The van der Waals surface area contributed by atoms with Gasteiger partial charge in [0.05, 0.1) is 12.1 Å². The van der Waals surface area contributed by atoms with Crippen LogP contribution in [-0.4, -0.2) is 58.2 Å². The number of guanidine groups is 1. The molecule has 0 aromatic carbocycles. The van der Waals surface area contributed by atoms with Crippen LogP contribution in [0.2, 0.25) is 0 Å². The molecule has 19 heavy (non-hydrogen) atoms. The second-order valence-electron chi connectivity index (χ2n) is 6.05. The minimum Gasteiger partial charge on any atom is -0.388 e. The van der Waals surface area contributed by atoms with Gasteiger partial charge in [0.25, 0.3) is 0 Å². The Morgan fingerprint density at radius 3 is 2.68 bits per heavy atom. The van der Waals surface area contributed by atoms with E-state index >= 15 is 0 Å². The van der Waals surface area contributed by atoms with E-state index in [0.717, 1.165) is 37.8 Å². The molecule has 0 saturated carbocycles. The standard InChI is InChI=1S/C14H29N3OS/c1-6-14(5,18)10-16-12(15-7-2)17-8-9-19-13(3,4)11-17/h18H,6-11H2,1-5H3,(H,15,16). The first-order valence-corrected chi connectivity index (χ1v) is 8.18. The predicted octanol–water partition coefficient (Wildman–Crippen LogP) is 1.94. The first-order chi connectivity index (χ1) is 8.79. The Morgan fingerprint density at radius 2 is 2.16 bits per heavy atom. The highest BCUT2D eigenvalue weighted by molar-refractivity contribution is 8.00. The van der Waals surface area contributed by atoms with E-state index in [4.69, 9.17) is 0 Å². The molecule has 1 unspecified atom stereocenters. The molecule has 1 aliphatic heterocycles. The summed E-state index contributed by atoms with van der Waals surface area (Å²) in [5.41, 5.74) is -0.708. The average molecular weight is 287 g/mol. The van der Waals surface area contributed by atoms with Crippen molar-refractivity contribution in [3.63, 3.8) is 0 Å². The minimum atomic E-state index is -0.708. The topological polar surface area (TPSA) is 47.9 Å². The molecule has 1 atom stereocenters. The third-order valence-corrected chi connectivity index (χ3v) is 4.69. The molecule has 1 heterocycles. The van der Waals surface area contributed by atoms with Crippen LogP contribution in [0.5, 0.6) is 0 Å². The van der Waals surface area contributed by atoms with Crippen molar-refractivity contribution < 1.29 is 5.11 Å². The molecule has 1 aliphatic rings. The summed E-state index contributed by atoms with van der Waals surface area (Å²) in [4.78, 5) is 6.93. The van der Waals surface area contributed by atoms with Crippen LogP contribution in [0.1, 0.15) is 41.0 Å². The number of thioether (sulfide) groups is 1. The van der Waals surface area contributed by atoms with Gasteiger partial charge in [-0.1, -0.05) is 6.92 Å². The van der Waals surface area contributed by atoms with Gasteiger partial charge >= 0.3 is 0 Å². The van der Waals surface area contributed by atoms with Crippen molar-refractivity contribution in [2.75, 3.05) is 31.9 Å². The van der Waals surface area contributed by atoms with Gasteiger partial charge in [-0.25, -0.2) is 0 Å². The molecule has 0 aromatic heterocycles. The number of aliphatic hydroxyl groups is 1. The van der Waals surface area contributed by atoms with E-state index in [2.05, 4.69) is 36.0 Å². The van der Waals surface area contributed by atoms with Crippen molar-refractivity contribution in [1.29, 1.82) is 0 Å². The lowest BCUT2D eigenvalue weighted by atomic mass is 10.1. The first-order valence-electron chi connectivity index (χ1n) is 7.19. The van der Waals surface area contributed by atoms with Crippen molar-refractivity contribution in [2.45, 2.75) is 51.4 Å². The molecule has 0 aliphatic carbocycles. The molecule has 112 valence electrons. The van der Waals surface area contributed by atoms with E-state index in [9.17, 15) is 5.11 Å². The number of hydrogen-bond acceptors (Lipinski definition) is 3. The molecule has 1 fully saturated rings. The maximum Gasteiger partial charge on any atom is 0.194 e. The Morgan fingerprint density at radius 1 is 1.47 bits per heavy atom. The highest BCUT2D eigenvalue weighted by Gasteiger charge is 2.29. The summed E-state index contributed by atoms with van der Waals surface area (Å²) in [6.07, 6.45) is 0.719. The van der Waals surface area contributed by atoms with Crippen LogP contribution in [0.4, 0.5) is 0 Å². The van der Waals surface area contributed by atoms with E-state index in [-0.39, 0.29) is 4.75 Å². The Hall–Kier alpha value is -0.420. The molecule has 5 heteroatoms. The van der Waals surface area contributed by atoms with E-state index in [1.54, 1.807) is 0 Å². The molecule has 1 rings (SSSR count). The lowest BCUT2D eigenvalue weighted by molar-refractivity contribution is 0.0654. The quantitative estimate of drug-likeness (QED) is 0.613. The van der Waals surface area contributed by atoms with Crippen LogP contribution in [0.15, 0.2) is 4.99 Å². The normalized spacial score (nSPS) is 23.1. The zero-order valence-electron chi connectivity index (χ0n) is 13.0. The van der Waals surface area contributed by atoms with Gasteiger partial charge < -0.3 is 15.3 Å². The van der Waals surface area contributed by atoms with Crippen molar-refractivity contribution in [1.82, 2.24) is 10.2 Å². The number of nitrogens with one attached hydrogen (secondary N) is 1. The summed E-state index contributed by atoms with van der Waals surface area (Å²) in [5, 5.41) is 13.4.